The van der Waals surface area contributed by atoms with Gasteiger partial charge in [0.15, 0.2) is 0 Å². The van der Waals surface area contributed by atoms with Crippen LogP contribution in [0, 0.1) is 0 Å². The summed E-state index contributed by atoms with van der Waals surface area (Å²) in [5.41, 5.74) is 4.80. The Morgan fingerprint density at radius 1 is 1.06 bits per heavy atom. The first-order valence-corrected chi connectivity index (χ1v) is 12.4. The van der Waals surface area contributed by atoms with Crippen LogP contribution >= 0.6 is 0 Å². The molecule has 3 aromatic carbocycles. The molecule has 0 aromatic heterocycles. The lowest BCUT2D eigenvalue weighted by molar-refractivity contribution is 0.0697. The van der Waals surface area contributed by atoms with Gasteiger partial charge >= 0.3 is 5.97 Å². The fraction of sp³-hybridized carbons (Fsp3) is 0.367. The summed E-state index contributed by atoms with van der Waals surface area (Å²) in [7, 11) is 0. The number of aliphatic hydroxyl groups excluding tert-OH is 1. The Morgan fingerprint density at radius 2 is 1.75 bits per heavy atom. The molecule has 36 heavy (non-hydrogen) atoms. The van der Waals surface area contributed by atoms with Crippen LogP contribution in [0.15, 0.2) is 66.7 Å². The zero-order chi connectivity index (χ0) is 25.7. The summed E-state index contributed by atoms with van der Waals surface area (Å²) < 4.78 is 11.9. The second kappa shape index (κ2) is 11.1. The van der Waals surface area contributed by atoms with Crippen LogP contribution in [-0.2, 0) is 11.8 Å². The maximum Gasteiger partial charge on any atom is 0.335 e. The molecule has 1 unspecified atom stereocenters. The summed E-state index contributed by atoms with van der Waals surface area (Å²) in [6.07, 6.45) is 1.21. The number of aryl methyl sites for hydroxylation is 1. The van der Waals surface area contributed by atoms with Crippen molar-refractivity contribution in [3.8, 4) is 22.6 Å². The minimum Gasteiger partial charge on any atom is -0.491 e. The Bertz CT molecular complexity index is 1170. The topological polar surface area (TPSA) is 88.0 Å². The van der Waals surface area contributed by atoms with Crippen LogP contribution in [0.1, 0.15) is 48.7 Å². The number of hydrogen-bond acceptors (Lipinski definition) is 5. The Hall–Kier alpha value is -3.35. The standard InChI is InChI=1S/C30H35NO5/c1-30(2,3)24-10-13-26(14-11-24)35-19-25(32)17-31-18-27-12-8-23-16-22(9-15-28(23)36-27)20-4-6-21(7-5-20)29(33)34/h4-7,9-11,13-16,25,27,31-32H,8,12,17-19H2,1-3H3,(H,33,34)/t25?,27-/m1/s1. The highest BCUT2D eigenvalue weighted by Gasteiger charge is 2.20. The fourth-order valence-electron chi connectivity index (χ4n) is 4.29. The number of carboxylic acids is 1. The molecule has 0 radical (unpaired) electrons. The van der Waals surface area contributed by atoms with E-state index in [0.29, 0.717) is 13.1 Å². The maximum atomic E-state index is 11.1. The predicted molar refractivity (Wildman–Crippen MR) is 141 cm³/mol. The van der Waals surface area contributed by atoms with E-state index in [0.717, 1.165) is 41.0 Å². The van der Waals surface area contributed by atoms with Crippen molar-refractivity contribution >= 4 is 5.97 Å². The summed E-state index contributed by atoms with van der Waals surface area (Å²) in [6, 6.07) is 21.0. The number of rotatable bonds is 9. The molecular formula is C30H35NO5. The molecule has 4 rings (SSSR count). The summed E-state index contributed by atoms with van der Waals surface area (Å²) in [5.74, 6) is 0.707. The normalized spacial score (nSPS) is 16.1. The Balaban J connectivity index is 1.22. The van der Waals surface area contributed by atoms with Gasteiger partial charge in [-0.2, -0.15) is 0 Å². The molecule has 3 N–H and O–H groups in total. The van der Waals surface area contributed by atoms with E-state index in [1.807, 2.05) is 36.4 Å². The quantitative estimate of drug-likeness (QED) is 0.389. The Morgan fingerprint density at radius 3 is 2.42 bits per heavy atom. The molecule has 0 aliphatic carbocycles. The predicted octanol–water partition coefficient (Wildman–Crippen LogP) is 5.07. The first-order chi connectivity index (χ1) is 17.2. The molecule has 6 heteroatoms. The molecule has 1 aliphatic heterocycles. The third-order valence-corrected chi connectivity index (χ3v) is 6.47. The minimum absolute atomic E-state index is 0.0382. The minimum atomic E-state index is -0.925. The number of hydrogen-bond donors (Lipinski definition) is 3. The zero-order valence-electron chi connectivity index (χ0n) is 21.2. The number of aliphatic hydroxyl groups is 1. The van der Waals surface area contributed by atoms with Gasteiger partial charge in [-0.25, -0.2) is 4.79 Å². The van der Waals surface area contributed by atoms with Gasteiger partial charge in [0.05, 0.1) is 5.56 Å². The first-order valence-electron chi connectivity index (χ1n) is 12.4. The largest absolute Gasteiger partial charge is 0.491 e. The van der Waals surface area contributed by atoms with Gasteiger partial charge in [0.2, 0.25) is 0 Å². The van der Waals surface area contributed by atoms with Gasteiger partial charge in [-0.05, 0) is 76.9 Å². The van der Waals surface area contributed by atoms with Gasteiger partial charge in [0, 0.05) is 13.1 Å². The summed E-state index contributed by atoms with van der Waals surface area (Å²) in [6.45, 7) is 7.83. The van der Waals surface area contributed by atoms with E-state index >= 15 is 0 Å². The molecular weight excluding hydrogens is 454 g/mol. The van der Waals surface area contributed by atoms with E-state index in [1.54, 1.807) is 12.1 Å². The van der Waals surface area contributed by atoms with Crippen LogP contribution < -0.4 is 14.8 Å². The number of nitrogens with one attached hydrogen (secondary N) is 1. The number of ether oxygens (including phenoxy) is 2. The van der Waals surface area contributed by atoms with Crippen molar-refractivity contribution in [1.82, 2.24) is 5.32 Å². The van der Waals surface area contributed by atoms with Crippen molar-refractivity contribution in [3.05, 3.63) is 83.4 Å². The molecule has 0 bridgehead atoms. The highest BCUT2D eigenvalue weighted by Crippen LogP contribution is 2.32. The molecule has 1 aliphatic rings. The van der Waals surface area contributed by atoms with Crippen LogP contribution in [0.3, 0.4) is 0 Å². The molecule has 6 nitrogen and oxygen atoms in total. The van der Waals surface area contributed by atoms with Crippen molar-refractivity contribution < 1.29 is 24.5 Å². The van der Waals surface area contributed by atoms with Gasteiger partial charge in [-0.15, -0.1) is 0 Å². The molecule has 3 aromatic rings. The number of aromatic carboxylic acids is 1. The number of carbonyl (C=O) groups is 1. The lowest BCUT2D eigenvalue weighted by atomic mass is 9.87. The van der Waals surface area contributed by atoms with Crippen molar-refractivity contribution in [2.24, 2.45) is 0 Å². The maximum absolute atomic E-state index is 11.1. The second-order valence-corrected chi connectivity index (χ2v) is 10.4. The molecule has 0 saturated carbocycles. The summed E-state index contributed by atoms with van der Waals surface area (Å²) >= 11 is 0. The van der Waals surface area contributed by atoms with Crippen molar-refractivity contribution in [1.29, 1.82) is 0 Å². The molecule has 0 amide bonds. The Kier molecular flexibility index (Phi) is 7.97. The number of fused-ring (bicyclic) bond motifs is 1. The van der Waals surface area contributed by atoms with E-state index in [2.05, 4.69) is 44.3 Å². The summed E-state index contributed by atoms with van der Waals surface area (Å²) in [5, 5.41) is 22.7. The number of benzene rings is 3. The third kappa shape index (κ3) is 6.65. The number of carboxylic acid groups (broad SMARTS) is 1. The van der Waals surface area contributed by atoms with E-state index in [1.165, 1.54) is 5.56 Å². The molecule has 0 saturated heterocycles. The molecule has 0 fully saturated rings. The molecule has 2 atom stereocenters. The van der Waals surface area contributed by atoms with Crippen LogP contribution in [0.25, 0.3) is 11.1 Å². The van der Waals surface area contributed by atoms with Crippen molar-refractivity contribution in [2.75, 3.05) is 19.7 Å². The Labute approximate surface area is 212 Å². The SMILES string of the molecule is CC(C)(C)c1ccc(OCC(O)CNC[C@H]2CCc3cc(-c4ccc(C(=O)O)cc4)ccc3O2)cc1. The molecule has 190 valence electrons. The van der Waals surface area contributed by atoms with Crippen LogP contribution in [-0.4, -0.2) is 48.1 Å². The smallest absolute Gasteiger partial charge is 0.335 e. The molecule has 1 heterocycles. The van der Waals surface area contributed by atoms with Gasteiger partial charge in [0.25, 0.3) is 0 Å². The zero-order valence-corrected chi connectivity index (χ0v) is 21.2. The third-order valence-electron chi connectivity index (χ3n) is 6.47. The second-order valence-electron chi connectivity index (χ2n) is 10.4. The van der Waals surface area contributed by atoms with E-state index in [-0.39, 0.29) is 23.7 Å². The average molecular weight is 490 g/mol. The van der Waals surface area contributed by atoms with Crippen LogP contribution in [0.4, 0.5) is 0 Å². The van der Waals surface area contributed by atoms with Crippen molar-refractivity contribution in [3.63, 3.8) is 0 Å². The van der Waals surface area contributed by atoms with E-state index in [4.69, 9.17) is 14.6 Å². The highest BCUT2D eigenvalue weighted by molar-refractivity contribution is 5.88. The van der Waals surface area contributed by atoms with Gasteiger partial charge in [0.1, 0.15) is 30.3 Å². The first kappa shape index (κ1) is 25.7. The monoisotopic (exact) mass is 489 g/mol. The van der Waals surface area contributed by atoms with E-state index in [9.17, 15) is 9.90 Å². The highest BCUT2D eigenvalue weighted by atomic mass is 16.5. The lowest BCUT2D eigenvalue weighted by Crippen LogP contribution is -2.39. The fourth-order valence-corrected chi connectivity index (χ4v) is 4.29. The van der Waals surface area contributed by atoms with Crippen molar-refractivity contribution in [2.45, 2.75) is 51.2 Å². The average Bonchev–Trinajstić information content (AvgIpc) is 2.87. The van der Waals surface area contributed by atoms with Crippen LogP contribution in [0.5, 0.6) is 11.5 Å². The van der Waals surface area contributed by atoms with Gasteiger partial charge in [-0.3, -0.25) is 0 Å². The van der Waals surface area contributed by atoms with Gasteiger partial charge < -0.3 is 25.0 Å². The molecule has 0 spiro atoms. The summed E-state index contributed by atoms with van der Waals surface area (Å²) in [4.78, 5) is 11.1. The van der Waals surface area contributed by atoms with Crippen LogP contribution in [0.2, 0.25) is 0 Å². The lowest BCUT2D eigenvalue weighted by Gasteiger charge is -2.27. The van der Waals surface area contributed by atoms with E-state index < -0.39 is 12.1 Å². The van der Waals surface area contributed by atoms with Gasteiger partial charge in [-0.1, -0.05) is 51.1 Å².